The van der Waals surface area contributed by atoms with Crippen molar-refractivity contribution >= 4 is 60.5 Å². The lowest BCUT2D eigenvalue weighted by Gasteiger charge is -2.30. The van der Waals surface area contributed by atoms with Gasteiger partial charge in [-0.05, 0) is 110 Å². The first-order valence-electron chi connectivity index (χ1n) is 19.8. The third-order valence-electron chi connectivity index (χ3n) is 11.4. The van der Waals surface area contributed by atoms with Crippen LogP contribution in [-0.2, 0) is 0 Å². The van der Waals surface area contributed by atoms with Crippen LogP contribution in [0.1, 0.15) is 0 Å². The van der Waals surface area contributed by atoms with E-state index in [9.17, 15) is 0 Å². The SMILES string of the molecule is c1ccc(-c2ccc(-c3ccccc3N(c3cccc(-c4ccc5ccccc5c4)c3)c3ccccc3-c3ccc4oc5cc6ccccc6cc5c4c3)cc2)cc1. The largest absolute Gasteiger partial charge is 0.456 e. The molecule has 2 heteroatoms. The Kier molecular flexibility index (Phi) is 8.19. The van der Waals surface area contributed by atoms with Crippen molar-refractivity contribution in [2.75, 3.05) is 4.90 Å². The van der Waals surface area contributed by atoms with Crippen molar-refractivity contribution in [3.63, 3.8) is 0 Å². The Balaban J connectivity index is 1.10. The molecule has 1 heterocycles. The van der Waals surface area contributed by atoms with E-state index in [1.165, 1.54) is 38.2 Å². The van der Waals surface area contributed by atoms with E-state index >= 15 is 0 Å². The number of hydrogen-bond donors (Lipinski definition) is 0. The van der Waals surface area contributed by atoms with Gasteiger partial charge in [0.15, 0.2) is 0 Å². The Labute approximate surface area is 337 Å². The average molecular weight is 740 g/mol. The summed E-state index contributed by atoms with van der Waals surface area (Å²) in [4.78, 5) is 2.44. The molecule has 0 spiro atoms. The second kappa shape index (κ2) is 14.1. The van der Waals surface area contributed by atoms with Crippen molar-refractivity contribution in [1.29, 1.82) is 0 Å². The van der Waals surface area contributed by atoms with E-state index in [-0.39, 0.29) is 0 Å². The molecule has 0 unspecified atom stereocenters. The Bertz CT molecular complexity index is 3290. The summed E-state index contributed by atoms with van der Waals surface area (Å²) < 4.78 is 6.44. The van der Waals surface area contributed by atoms with Crippen LogP contribution in [0.15, 0.2) is 229 Å². The molecular formula is C56H37NO. The minimum atomic E-state index is 0.885. The molecule has 1 aromatic heterocycles. The number of anilines is 3. The molecule has 58 heavy (non-hydrogen) atoms. The molecule has 0 bridgehead atoms. The first kappa shape index (κ1) is 33.6. The fourth-order valence-corrected chi connectivity index (χ4v) is 8.53. The molecule has 0 N–H and O–H groups in total. The van der Waals surface area contributed by atoms with Crippen LogP contribution >= 0.6 is 0 Å². The molecular weight excluding hydrogens is 703 g/mol. The number of rotatable bonds is 7. The fraction of sp³-hybridized carbons (Fsp3) is 0. The Morgan fingerprint density at radius 3 is 1.55 bits per heavy atom. The molecule has 11 aromatic rings. The molecule has 0 amide bonds. The lowest BCUT2D eigenvalue weighted by atomic mass is 9.96. The number of furan rings is 1. The van der Waals surface area contributed by atoms with E-state index in [2.05, 4.69) is 229 Å². The van der Waals surface area contributed by atoms with E-state index < -0.39 is 0 Å². The third-order valence-corrected chi connectivity index (χ3v) is 11.4. The van der Waals surface area contributed by atoms with E-state index in [0.717, 1.165) is 66.8 Å². The zero-order chi connectivity index (χ0) is 38.4. The van der Waals surface area contributed by atoms with Crippen LogP contribution in [-0.4, -0.2) is 0 Å². The zero-order valence-corrected chi connectivity index (χ0v) is 31.7. The molecule has 0 aliphatic heterocycles. The summed E-state index contributed by atoms with van der Waals surface area (Å²) in [5.41, 5.74) is 14.4. The van der Waals surface area contributed by atoms with Gasteiger partial charge in [-0.15, -0.1) is 0 Å². The Morgan fingerprint density at radius 2 is 0.793 bits per heavy atom. The molecule has 0 radical (unpaired) electrons. The predicted molar refractivity (Wildman–Crippen MR) is 245 cm³/mol. The van der Waals surface area contributed by atoms with E-state index in [1.54, 1.807) is 0 Å². The second-order valence-electron chi connectivity index (χ2n) is 14.9. The van der Waals surface area contributed by atoms with Crippen LogP contribution in [0.2, 0.25) is 0 Å². The number of para-hydroxylation sites is 2. The maximum Gasteiger partial charge on any atom is 0.136 e. The summed E-state index contributed by atoms with van der Waals surface area (Å²) in [5.74, 6) is 0. The number of benzene rings is 10. The molecule has 272 valence electrons. The van der Waals surface area contributed by atoms with Crippen molar-refractivity contribution in [3.8, 4) is 44.5 Å². The van der Waals surface area contributed by atoms with Crippen molar-refractivity contribution in [2.24, 2.45) is 0 Å². The van der Waals surface area contributed by atoms with Crippen LogP contribution in [0.4, 0.5) is 17.1 Å². The molecule has 11 rings (SSSR count). The van der Waals surface area contributed by atoms with Crippen LogP contribution in [0.3, 0.4) is 0 Å². The summed E-state index contributed by atoms with van der Waals surface area (Å²) in [6, 6.07) is 80.9. The highest BCUT2D eigenvalue weighted by Gasteiger charge is 2.22. The molecule has 0 aliphatic carbocycles. The Hall–Kier alpha value is -7.68. The van der Waals surface area contributed by atoms with Crippen LogP contribution in [0, 0.1) is 0 Å². The lowest BCUT2D eigenvalue weighted by molar-refractivity contribution is 0.669. The lowest BCUT2D eigenvalue weighted by Crippen LogP contribution is -2.12. The standard InChI is InChI=1S/C56H37NO/c1-2-13-38(14-3-1)40-25-28-41(29-26-40)49-21-8-10-23-53(49)57(48-20-12-19-43(34-48)46-30-27-39-15-4-5-16-42(39)33-46)54-24-11-9-22-50(54)47-31-32-55-51(36-47)52-35-44-17-6-7-18-45(44)37-56(52)58-55/h1-37H. The van der Waals surface area contributed by atoms with E-state index in [4.69, 9.17) is 4.42 Å². The van der Waals surface area contributed by atoms with Crippen LogP contribution < -0.4 is 4.90 Å². The number of hydrogen-bond acceptors (Lipinski definition) is 2. The van der Waals surface area contributed by atoms with Crippen molar-refractivity contribution < 1.29 is 4.42 Å². The number of fused-ring (bicyclic) bond motifs is 5. The topological polar surface area (TPSA) is 16.4 Å². The molecule has 0 fully saturated rings. The van der Waals surface area contributed by atoms with Gasteiger partial charge in [0, 0.05) is 27.6 Å². The van der Waals surface area contributed by atoms with Gasteiger partial charge in [0.1, 0.15) is 11.2 Å². The van der Waals surface area contributed by atoms with Gasteiger partial charge in [0.25, 0.3) is 0 Å². The van der Waals surface area contributed by atoms with Gasteiger partial charge in [-0.25, -0.2) is 0 Å². The number of nitrogens with zero attached hydrogens (tertiary/aromatic N) is 1. The van der Waals surface area contributed by atoms with Gasteiger partial charge < -0.3 is 9.32 Å². The zero-order valence-electron chi connectivity index (χ0n) is 31.7. The first-order valence-corrected chi connectivity index (χ1v) is 19.8. The first-order chi connectivity index (χ1) is 28.7. The summed E-state index contributed by atoms with van der Waals surface area (Å²) in [6.07, 6.45) is 0. The Morgan fingerprint density at radius 1 is 0.276 bits per heavy atom. The van der Waals surface area contributed by atoms with Gasteiger partial charge in [0.2, 0.25) is 0 Å². The van der Waals surface area contributed by atoms with Crippen molar-refractivity contribution in [1.82, 2.24) is 0 Å². The summed E-state index contributed by atoms with van der Waals surface area (Å²) in [6.45, 7) is 0. The van der Waals surface area contributed by atoms with Gasteiger partial charge in [-0.2, -0.15) is 0 Å². The molecule has 0 saturated heterocycles. The summed E-state index contributed by atoms with van der Waals surface area (Å²) >= 11 is 0. The third kappa shape index (κ3) is 6.00. The van der Waals surface area contributed by atoms with E-state index in [1.807, 2.05) is 0 Å². The highest BCUT2D eigenvalue weighted by atomic mass is 16.3. The van der Waals surface area contributed by atoms with Crippen molar-refractivity contribution in [2.45, 2.75) is 0 Å². The fourth-order valence-electron chi connectivity index (χ4n) is 8.53. The maximum absolute atomic E-state index is 6.44. The smallest absolute Gasteiger partial charge is 0.136 e. The molecule has 0 aliphatic rings. The summed E-state index contributed by atoms with van der Waals surface area (Å²) in [7, 11) is 0. The second-order valence-corrected chi connectivity index (χ2v) is 14.9. The van der Waals surface area contributed by atoms with E-state index in [0.29, 0.717) is 0 Å². The maximum atomic E-state index is 6.44. The van der Waals surface area contributed by atoms with Crippen LogP contribution in [0.25, 0.3) is 88.0 Å². The molecule has 2 nitrogen and oxygen atoms in total. The summed E-state index contributed by atoms with van der Waals surface area (Å²) in [5, 5.41) is 7.07. The van der Waals surface area contributed by atoms with Gasteiger partial charge in [-0.1, -0.05) is 170 Å². The van der Waals surface area contributed by atoms with Gasteiger partial charge in [-0.3, -0.25) is 0 Å². The minimum Gasteiger partial charge on any atom is -0.456 e. The molecule has 10 aromatic carbocycles. The normalized spacial score (nSPS) is 11.4. The molecule has 0 atom stereocenters. The highest BCUT2D eigenvalue weighted by molar-refractivity contribution is 6.11. The monoisotopic (exact) mass is 739 g/mol. The average Bonchev–Trinajstić information content (AvgIpc) is 3.65. The van der Waals surface area contributed by atoms with Crippen molar-refractivity contribution in [3.05, 3.63) is 224 Å². The minimum absolute atomic E-state index is 0.885. The van der Waals surface area contributed by atoms with Gasteiger partial charge >= 0.3 is 0 Å². The highest BCUT2D eigenvalue weighted by Crippen LogP contribution is 2.46. The predicted octanol–water partition coefficient (Wildman–Crippen LogP) is 16.0. The van der Waals surface area contributed by atoms with Gasteiger partial charge in [0.05, 0.1) is 11.4 Å². The van der Waals surface area contributed by atoms with Crippen LogP contribution in [0.5, 0.6) is 0 Å². The quantitative estimate of drug-likeness (QED) is 0.162. The molecule has 0 saturated carbocycles.